The quantitative estimate of drug-likeness (QED) is 0.317. The summed E-state index contributed by atoms with van der Waals surface area (Å²) in [6.45, 7) is 0.663. The van der Waals surface area contributed by atoms with Crippen LogP contribution < -0.4 is 0 Å². The van der Waals surface area contributed by atoms with Crippen molar-refractivity contribution in [2.75, 3.05) is 13.4 Å². The van der Waals surface area contributed by atoms with E-state index in [-0.39, 0.29) is 12.2 Å². The van der Waals surface area contributed by atoms with E-state index in [0.29, 0.717) is 0 Å². The molecule has 0 atom stereocenters. The number of esters is 1. The van der Waals surface area contributed by atoms with Crippen molar-refractivity contribution in [2.24, 2.45) is 0 Å². The Balaban J connectivity index is 3.82. The van der Waals surface area contributed by atoms with E-state index in [4.69, 9.17) is 10.2 Å². The molecular formula is C6H10O4. The minimum absolute atomic E-state index is 0.202. The van der Waals surface area contributed by atoms with Crippen LogP contribution in [0.1, 0.15) is 6.92 Å². The summed E-state index contributed by atoms with van der Waals surface area (Å²) >= 11 is 0. The van der Waals surface area contributed by atoms with Crippen LogP contribution in [0.3, 0.4) is 0 Å². The van der Waals surface area contributed by atoms with Gasteiger partial charge in [0.1, 0.15) is 0 Å². The maximum absolute atomic E-state index is 10.6. The van der Waals surface area contributed by atoms with Crippen molar-refractivity contribution in [1.82, 2.24) is 0 Å². The average molecular weight is 146 g/mol. The van der Waals surface area contributed by atoms with Gasteiger partial charge < -0.3 is 14.9 Å². The van der Waals surface area contributed by atoms with Crippen molar-refractivity contribution in [3.63, 3.8) is 0 Å². The average Bonchev–Trinajstić information content (AvgIpc) is 1.89. The maximum Gasteiger partial charge on any atom is 0.335 e. The summed E-state index contributed by atoms with van der Waals surface area (Å²) in [5.41, 5.74) is 0.288. The van der Waals surface area contributed by atoms with Gasteiger partial charge >= 0.3 is 5.97 Å². The molecule has 0 rings (SSSR count). The highest BCUT2D eigenvalue weighted by Crippen LogP contribution is 1.94. The summed E-state index contributed by atoms with van der Waals surface area (Å²) in [6.07, 6.45) is 1.30. The van der Waals surface area contributed by atoms with E-state index in [2.05, 4.69) is 4.74 Å². The highest BCUT2D eigenvalue weighted by atomic mass is 16.6. The standard InChI is InChI=1S/C6H10O4/c1-5(2-3-7)6(9)10-4-8/h2,7-8H,3-4H2,1H3. The molecule has 0 fully saturated rings. The molecule has 0 aliphatic rings. The van der Waals surface area contributed by atoms with Crippen molar-refractivity contribution in [3.8, 4) is 0 Å². The number of aliphatic hydroxyl groups is 2. The van der Waals surface area contributed by atoms with Gasteiger partial charge in [0.05, 0.1) is 6.61 Å². The van der Waals surface area contributed by atoms with Gasteiger partial charge in [0.25, 0.3) is 0 Å². The van der Waals surface area contributed by atoms with E-state index in [1.165, 1.54) is 13.0 Å². The van der Waals surface area contributed by atoms with Gasteiger partial charge in [-0.25, -0.2) is 4.79 Å². The molecule has 2 N–H and O–H groups in total. The van der Waals surface area contributed by atoms with Crippen LogP contribution in [0.15, 0.2) is 11.6 Å². The normalized spacial score (nSPS) is 11.3. The van der Waals surface area contributed by atoms with Crippen LogP contribution in [-0.4, -0.2) is 29.6 Å². The Morgan fingerprint density at radius 1 is 1.60 bits per heavy atom. The van der Waals surface area contributed by atoms with Crippen LogP contribution in [0.2, 0.25) is 0 Å². The molecule has 0 bridgehead atoms. The molecule has 0 aliphatic carbocycles. The predicted molar refractivity (Wildman–Crippen MR) is 34.0 cm³/mol. The second-order valence-corrected chi connectivity index (χ2v) is 1.63. The molecule has 0 aromatic rings. The van der Waals surface area contributed by atoms with Gasteiger partial charge in [-0.1, -0.05) is 0 Å². The molecule has 0 saturated heterocycles. The third-order valence-corrected chi connectivity index (χ3v) is 0.915. The third-order valence-electron chi connectivity index (χ3n) is 0.915. The van der Waals surface area contributed by atoms with Gasteiger partial charge in [-0.2, -0.15) is 0 Å². The summed E-state index contributed by atoms with van der Waals surface area (Å²) in [4.78, 5) is 10.6. The molecule has 10 heavy (non-hydrogen) atoms. The zero-order valence-corrected chi connectivity index (χ0v) is 5.70. The molecule has 0 spiro atoms. The van der Waals surface area contributed by atoms with Crippen LogP contribution >= 0.6 is 0 Å². The van der Waals surface area contributed by atoms with E-state index >= 15 is 0 Å². The van der Waals surface area contributed by atoms with Gasteiger partial charge in [0.2, 0.25) is 0 Å². The van der Waals surface area contributed by atoms with E-state index in [0.717, 1.165) is 0 Å². The minimum Gasteiger partial charge on any atom is -0.435 e. The Hall–Kier alpha value is -0.870. The lowest BCUT2D eigenvalue weighted by Gasteiger charge is -1.98. The predicted octanol–water partition coefficient (Wildman–Crippen LogP) is -0.582. The Bertz CT molecular complexity index is 139. The molecule has 0 amide bonds. The van der Waals surface area contributed by atoms with Gasteiger partial charge in [0.15, 0.2) is 6.79 Å². The molecule has 0 aromatic heterocycles. The minimum atomic E-state index is -0.630. The van der Waals surface area contributed by atoms with Gasteiger partial charge in [-0.15, -0.1) is 0 Å². The molecule has 0 aliphatic heterocycles. The second kappa shape index (κ2) is 4.96. The summed E-state index contributed by atoms with van der Waals surface area (Å²) in [5.74, 6) is -0.614. The third kappa shape index (κ3) is 3.21. The number of hydrogen-bond donors (Lipinski definition) is 2. The number of carbonyl (C=O) groups excluding carboxylic acids is 1. The zero-order valence-electron chi connectivity index (χ0n) is 5.70. The number of aliphatic hydroxyl groups excluding tert-OH is 2. The van der Waals surface area contributed by atoms with Crippen molar-refractivity contribution < 1.29 is 19.7 Å². The fourth-order valence-electron chi connectivity index (χ4n) is 0.393. The lowest BCUT2D eigenvalue weighted by molar-refractivity contribution is -0.146. The van der Waals surface area contributed by atoms with Crippen LogP contribution in [0.4, 0.5) is 0 Å². The summed E-state index contributed by atoms with van der Waals surface area (Å²) in [5, 5.41) is 16.4. The lowest BCUT2D eigenvalue weighted by Crippen LogP contribution is -2.06. The molecular weight excluding hydrogens is 136 g/mol. The molecule has 58 valence electrons. The number of carbonyl (C=O) groups is 1. The second-order valence-electron chi connectivity index (χ2n) is 1.63. The molecule has 0 unspecified atom stereocenters. The molecule has 4 heteroatoms. The number of rotatable bonds is 3. The van der Waals surface area contributed by atoms with E-state index in [1.54, 1.807) is 0 Å². The Kier molecular flexibility index (Phi) is 4.53. The van der Waals surface area contributed by atoms with Crippen LogP contribution in [-0.2, 0) is 9.53 Å². The first-order valence-electron chi connectivity index (χ1n) is 2.78. The highest BCUT2D eigenvalue weighted by Gasteiger charge is 2.02. The van der Waals surface area contributed by atoms with Crippen molar-refractivity contribution in [1.29, 1.82) is 0 Å². The Morgan fingerprint density at radius 2 is 2.20 bits per heavy atom. The van der Waals surface area contributed by atoms with Crippen LogP contribution in [0, 0.1) is 0 Å². The fourth-order valence-corrected chi connectivity index (χ4v) is 0.393. The van der Waals surface area contributed by atoms with Gasteiger partial charge in [0, 0.05) is 5.57 Å². The monoisotopic (exact) mass is 146 g/mol. The lowest BCUT2D eigenvalue weighted by atomic mass is 10.3. The van der Waals surface area contributed by atoms with Crippen molar-refractivity contribution in [3.05, 3.63) is 11.6 Å². The van der Waals surface area contributed by atoms with Crippen molar-refractivity contribution >= 4 is 5.97 Å². The summed E-state index contributed by atoms with van der Waals surface area (Å²) in [6, 6.07) is 0. The Labute approximate surface area is 58.7 Å². The van der Waals surface area contributed by atoms with E-state index in [9.17, 15) is 4.79 Å². The van der Waals surface area contributed by atoms with Gasteiger partial charge in [-0.3, -0.25) is 0 Å². The molecule has 0 heterocycles. The SMILES string of the molecule is CC(=CCO)C(=O)OCO. The fraction of sp³-hybridized carbons (Fsp3) is 0.500. The summed E-state index contributed by atoms with van der Waals surface area (Å²) < 4.78 is 4.19. The number of hydrogen-bond acceptors (Lipinski definition) is 4. The van der Waals surface area contributed by atoms with Gasteiger partial charge in [-0.05, 0) is 13.0 Å². The molecule has 0 saturated carbocycles. The smallest absolute Gasteiger partial charge is 0.335 e. The molecule has 0 aromatic carbocycles. The maximum atomic E-state index is 10.6. The van der Waals surface area contributed by atoms with Crippen molar-refractivity contribution in [2.45, 2.75) is 6.92 Å². The highest BCUT2D eigenvalue weighted by molar-refractivity contribution is 5.87. The van der Waals surface area contributed by atoms with Crippen LogP contribution in [0.5, 0.6) is 0 Å². The van der Waals surface area contributed by atoms with E-state index < -0.39 is 12.8 Å². The first kappa shape index (κ1) is 9.13. The topological polar surface area (TPSA) is 66.8 Å². The first-order chi connectivity index (χ1) is 4.72. The molecule has 0 radical (unpaired) electrons. The van der Waals surface area contributed by atoms with Crippen LogP contribution in [0.25, 0.3) is 0 Å². The first-order valence-corrected chi connectivity index (χ1v) is 2.78. The number of ether oxygens (including phenoxy) is 1. The molecule has 4 nitrogen and oxygen atoms in total. The largest absolute Gasteiger partial charge is 0.435 e. The summed E-state index contributed by atoms with van der Waals surface area (Å²) in [7, 11) is 0. The zero-order chi connectivity index (χ0) is 7.98. The Morgan fingerprint density at radius 3 is 2.60 bits per heavy atom. The van der Waals surface area contributed by atoms with E-state index in [1.807, 2.05) is 0 Å².